The second-order valence-electron chi connectivity index (χ2n) is 6.77. The van der Waals surface area contributed by atoms with E-state index in [0.717, 1.165) is 18.1 Å². The first-order valence-corrected chi connectivity index (χ1v) is 8.45. The average Bonchev–Trinajstić information content (AvgIpc) is 2.57. The Morgan fingerprint density at radius 1 is 1.12 bits per heavy atom. The number of nitrogens with zero attached hydrogens (tertiary/aromatic N) is 2. The van der Waals surface area contributed by atoms with Crippen molar-refractivity contribution in [2.75, 3.05) is 26.7 Å². The van der Waals surface area contributed by atoms with Crippen molar-refractivity contribution < 1.29 is 4.39 Å². The minimum atomic E-state index is -0.209. The number of aliphatic imine (C=N–C) groups is 1. The van der Waals surface area contributed by atoms with Crippen LogP contribution < -0.4 is 10.6 Å². The number of halogens is 2. The molecule has 0 radical (unpaired) electrons. The van der Waals surface area contributed by atoms with E-state index in [-0.39, 0.29) is 35.3 Å². The van der Waals surface area contributed by atoms with E-state index in [1.54, 1.807) is 19.2 Å². The molecular formula is C18H30FIN4. The molecule has 1 heterocycles. The zero-order valence-electron chi connectivity index (χ0n) is 14.9. The molecule has 0 aromatic heterocycles. The molecule has 1 aromatic rings. The van der Waals surface area contributed by atoms with Crippen LogP contribution >= 0.6 is 24.0 Å². The standard InChI is InChI=1S/C18H29FN4.HI/c1-18(2,23-11-5-4-6-12-23)14-22-17(20-3)21-13-15-7-9-16(19)10-8-15;/h7-10H,4-6,11-14H2,1-3H3,(H2,20,21,22);1H. The topological polar surface area (TPSA) is 39.7 Å². The van der Waals surface area contributed by atoms with E-state index >= 15 is 0 Å². The minimum absolute atomic E-state index is 0. The Kier molecular flexibility index (Phi) is 8.97. The number of nitrogens with one attached hydrogen (secondary N) is 2. The first-order valence-electron chi connectivity index (χ1n) is 8.45. The Hall–Kier alpha value is -0.890. The molecule has 6 heteroatoms. The lowest BCUT2D eigenvalue weighted by atomic mass is 9.98. The van der Waals surface area contributed by atoms with Gasteiger partial charge in [0.2, 0.25) is 0 Å². The molecule has 1 saturated heterocycles. The fourth-order valence-corrected chi connectivity index (χ4v) is 2.92. The molecule has 0 spiro atoms. The second-order valence-corrected chi connectivity index (χ2v) is 6.77. The summed E-state index contributed by atoms with van der Waals surface area (Å²) < 4.78 is 12.9. The van der Waals surface area contributed by atoms with Crippen LogP contribution in [0.25, 0.3) is 0 Å². The number of rotatable bonds is 5. The van der Waals surface area contributed by atoms with Crippen LogP contribution in [0.2, 0.25) is 0 Å². The van der Waals surface area contributed by atoms with E-state index < -0.39 is 0 Å². The fourth-order valence-electron chi connectivity index (χ4n) is 2.92. The van der Waals surface area contributed by atoms with E-state index in [9.17, 15) is 4.39 Å². The number of hydrogen-bond donors (Lipinski definition) is 2. The van der Waals surface area contributed by atoms with Crippen LogP contribution in [0.3, 0.4) is 0 Å². The highest BCUT2D eigenvalue weighted by Gasteiger charge is 2.27. The third-order valence-corrected chi connectivity index (χ3v) is 4.50. The van der Waals surface area contributed by atoms with Crippen molar-refractivity contribution in [3.8, 4) is 0 Å². The van der Waals surface area contributed by atoms with Gasteiger partial charge in [-0.1, -0.05) is 18.6 Å². The highest BCUT2D eigenvalue weighted by Crippen LogP contribution is 2.19. The molecule has 1 aromatic carbocycles. The van der Waals surface area contributed by atoms with Crippen molar-refractivity contribution in [2.45, 2.75) is 45.2 Å². The van der Waals surface area contributed by atoms with Crippen molar-refractivity contribution in [3.63, 3.8) is 0 Å². The molecule has 0 atom stereocenters. The van der Waals surface area contributed by atoms with Gasteiger partial charge in [0.05, 0.1) is 0 Å². The molecule has 0 bridgehead atoms. The summed E-state index contributed by atoms with van der Waals surface area (Å²) in [5.41, 5.74) is 1.14. The van der Waals surface area contributed by atoms with Gasteiger partial charge in [-0.05, 0) is 57.5 Å². The molecule has 0 amide bonds. The van der Waals surface area contributed by atoms with Crippen LogP contribution in [0.1, 0.15) is 38.7 Å². The lowest BCUT2D eigenvalue weighted by Gasteiger charge is -2.41. The zero-order valence-corrected chi connectivity index (χ0v) is 17.3. The van der Waals surface area contributed by atoms with Gasteiger partial charge in [0, 0.05) is 25.7 Å². The molecule has 2 N–H and O–H groups in total. The van der Waals surface area contributed by atoms with Gasteiger partial charge in [-0.2, -0.15) is 0 Å². The molecule has 0 saturated carbocycles. The lowest BCUT2D eigenvalue weighted by molar-refractivity contribution is 0.0982. The highest BCUT2D eigenvalue weighted by atomic mass is 127. The maximum atomic E-state index is 12.9. The van der Waals surface area contributed by atoms with E-state index in [1.807, 2.05) is 0 Å². The molecule has 24 heavy (non-hydrogen) atoms. The Morgan fingerprint density at radius 2 is 1.75 bits per heavy atom. The van der Waals surface area contributed by atoms with Crippen molar-refractivity contribution in [2.24, 2.45) is 4.99 Å². The van der Waals surface area contributed by atoms with Crippen molar-refractivity contribution in [1.82, 2.24) is 15.5 Å². The summed E-state index contributed by atoms with van der Waals surface area (Å²) in [4.78, 5) is 6.82. The van der Waals surface area contributed by atoms with Crippen LogP contribution in [-0.2, 0) is 6.54 Å². The van der Waals surface area contributed by atoms with E-state index in [2.05, 4.69) is 34.4 Å². The zero-order chi connectivity index (χ0) is 16.7. The number of likely N-dealkylation sites (tertiary alicyclic amines) is 1. The smallest absolute Gasteiger partial charge is 0.191 e. The van der Waals surface area contributed by atoms with Gasteiger partial charge in [-0.15, -0.1) is 24.0 Å². The van der Waals surface area contributed by atoms with Crippen molar-refractivity contribution in [1.29, 1.82) is 0 Å². The maximum absolute atomic E-state index is 12.9. The van der Waals surface area contributed by atoms with Gasteiger partial charge in [0.1, 0.15) is 5.82 Å². The first-order chi connectivity index (χ1) is 11.0. The number of piperidine rings is 1. The van der Waals surface area contributed by atoms with Crippen LogP contribution in [0, 0.1) is 5.82 Å². The summed E-state index contributed by atoms with van der Waals surface area (Å²) in [7, 11) is 1.77. The summed E-state index contributed by atoms with van der Waals surface area (Å²) >= 11 is 0. The molecule has 1 aliphatic rings. The van der Waals surface area contributed by atoms with Crippen LogP contribution in [0.5, 0.6) is 0 Å². The summed E-state index contributed by atoms with van der Waals surface area (Å²) in [5, 5.41) is 6.69. The number of guanidine groups is 1. The third-order valence-electron chi connectivity index (χ3n) is 4.50. The van der Waals surface area contributed by atoms with Crippen molar-refractivity contribution in [3.05, 3.63) is 35.6 Å². The summed E-state index contributed by atoms with van der Waals surface area (Å²) in [6, 6.07) is 6.53. The molecule has 1 aliphatic heterocycles. The third kappa shape index (κ3) is 6.55. The summed E-state index contributed by atoms with van der Waals surface area (Å²) in [6.07, 6.45) is 3.93. The molecule has 0 unspecified atom stereocenters. The van der Waals surface area contributed by atoms with E-state index in [1.165, 1.54) is 44.5 Å². The normalized spacial score (nSPS) is 16.4. The molecule has 0 aliphatic carbocycles. The number of benzene rings is 1. The fraction of sp³-hybridized carbons (Fsp3) is 0.611. The molecule has 136 valence electrons. The van der Waals surface area contributed by atoms with Gasteiger partial charge < -0.3 is 10.6 Å². The highest BCUT2D eigenvalue weighted by molar-refractivity contribution is 14.0. The maximum Gasteiger partial charge on any atom is 0.191 e. The first kappa shape index (κ1) is 21.2. The Balaban J connectivity index is 0.00000288. The van der Waals surface area contributed by atoms with Crippen molar-refractivity contribution >= 4 is 29.9 Å². The Bertz CT molecular complexity index is 510. The predicted octanol–water partition coefficient (Wildman–Crippen LogP) is 3.37. The average molecular weight is 448 g/mol. The molecule has 1 fully saturated rings. The van der Waals surface area contributed by atoms with Gasteiger partial charge in [-0.25, -0.2) is 4.39 Å². The SMILES string of the molecule is CN=C(NCc1ccc(F)cc1)NCC(C)(C)N1CCCCC1.I. The molecule has 4 nitrogen and oxygen atoms in total. The van der Waals surface area contributed by atoms with Crippen LogP contribution in [0.4, 0.5) is 4.39 Å². The van der Waals surface area contributed by atoms with Gasteiger partial charge in [0.25, 0.3) is 0 Å². The predicted molar refractivity (Wildman–Crippen MR) is 110 cm³/mol. The second kappa shape index (κ2) is 10.2. The lowest BCUT2D eigenvalue weighted by Crippen LogP contribution is -2.54. The van der Waals surface area contributed by atoms with Gasteiger partial charge >= 0.3 is 0 Å². The monoisotopic (exact) mass is 448 g/mol. The van der Waals surface area contributed by atoms with Gasteiger partial charge in [-0.3, -0.25) is 9.89 Å². The molecule has 2 rings (SSSR count). The van der Waals surface area contributed by atoms with Gasteiger partial charge in [0.15, 0.2) is 5.96 Å². The van der Waals surface area contributed by atoms with E-state index in [0.29, 0.717) is 6.54 Å². The summed E-state index contributed by atoms with van der Waals surface area (Å²) in [5.74, 6) is 0.568. The summed E-state index contributed by atoms with van der Waals surface area (Å²) in [6.45, 7) is 8.38. The Morgan fingerprint density at radius 3 is 2.33 bits per heavy atom. The quantitative estimate of drug-likeness (QED) is 0.412. The van der Waals surface area contributed by atoms with Crippen LogP contribution in [-0.4, -0.2) is 43.1 Å². The van der Waals surface area contributed by atoms with Crippen LogP contribution in [0.15, 0.2) is 29.3 Å². The Labute approximate surface area is 162 Å². The number of hydrogen-bond acceptors (Lipinski definition) is 2. The van der Waals surface area contributed by atoms with E-state index in [4.69, 9.17) is 0 Å². The molecular weight excluding hydrogens is 418 g/mol. The minimum Gasteiger partial charge on any atom is -0.355 e. The largest absolute Gasteiger partial charge is 0.355 e.